The number of ether oxygens (including phenoxy) is 3. The third-order valence-electron chi connectivity index (χ3n) is 4.10. The molecule has 0 aliphatic rings. The first kappa shape index (κ1) is 19.4. The Morgan fingerprint density at radius 3 is 2.29 bits per heavy atom. The molecule has 2 N–H and O–H groups in total. The zero-order chi connectivity index (χ0) is 19.9. The molecule has 0 heterocycles. The van der Waals surface area contributed by atoms with Crippen LogP contribution in [0.4, 0.5) is 5.69 Å². The second kappa shape index (κ2) is 9.05. The summed E-state index contributed by atoms with van der Waals surface area (Å²) in [4.78, 5) is 0. The van der Waals surface area contributed by atoms with Crippen LogP contribution in [0.5, 0.6) is 17.2 Å². The minimum Gasteiger partial charge on any atom is -0.493 e. The van der Waals surface area contributed by atoms with Crippen molar-refractivity contribution in [2.24, 2.45) is 5.10 Å². The van der Waals surface area contributed by atoms with Crippen molar-refractivity contribution in [3.8, 4) is 17.2 Å². The molecule has 0 aliphatic carbocycles. The summed E-state index contributed by atoms with van der Waals surface area (Å²) in [6.07, 6.45) is 1.63. The number of benzene rings is 3. The summed E-state index contributed by atoms with van der Waals surface area (Å²) in [5.41, 5.74) is 4.51. The molecule has 0 aromatic heterocycles. The molecule has 3 aromatic rings. The first-order chi connectivity index (χ1) is 13.7. The number of hydrazone groups is 1. The molecule has 7 heteroatoms. The quantitative estimate of drug-likeness (QED) is 0.371. The molecule has 0 unspecified atom stereocenters. The molecule has 0 bridgehead atoms. The predicted molar refractivity (Wildman–Crippen MR) is 117 cm³/mol. The van der Waals surface area contributed by atoms with Crippen LogP contribution in [0.3, 0.4) is 0 Å². The number of methoxy groups -OCH3 is 3. The van der Waals surface area contributed by atoms with Gasteiger partial charge in [-0.1, -0.05) is 36.4 Å². The summed E-state index contributed by atoms with van der Waals surface area (Å²) in [6.45, 7) is 0. The Hall–Kier alpha value is -3.32. The van der Waals surface area contributed by atoms with E-state index < -0.39 is 0 Å². The largest absolute Gasteiger partial charge is 0.493 e. The third kappa shape index (κ3) is 4.32. The topological polar surface area (TPSA) is 64.1 Å². The minimum absolute atomic E-state index is 0.389. The van der Waals surface area contributed by atoms with E-state index in [2.05, 4.69) is 28.0 Å². The molecule has 3 rings (SSSR count). The Morgan fingerprint density at radius 2 is 1.61 bits per heavy atom. The van der Waals surface area contributed by atoms with Crippen molar-refractivity contribution in [2.75, 3.05) is 26.6 Å². The van der Waals surface area contributed by atoms with Crippen LogP contribution in [0, 0.1) is 0 Å². The molecule has 0 radical (unpaired) electrons. The average Bonchev–Trinajstić information content (AvgIpc) is 2.73. The molecular weight excluding hydrogens is 374 g/mol. The molecule has 28 heavy (non-hydrogen) atoms. The average molecular weight is 395 g/mol. The molecule has 0 amide bonds. The van der Waals surface area contributed by atoms with Crippen molar-refractivity contribution in [1.29, 1.82) is 0 Å². The number of fused-ring (bicyclic) bond motifs is 1. The van der Waals surface area contributed by atoms with Gasteiger partial charge in [0, 0.05) is 16.6 Å². The van der Waals surface area contributed by atoms with Gasteiger partial charge in [0.25, 0.3) is 0 Å². The number of nitrogens with zero attached hydrogens (tertiary/aromatic N) is 1. The maximum absolute atomic E-state index is 5.35. The third-order valence-corrected chi connectivity index (χ3v) is 4.30. The van der Waals surface area contributed by atoms with Crippen molar-refractivity contribution in [2.45, 2.75) is 0 Å². The summed E-state index contributed by atoms with van der Waals surface area (Å²) in [6, 6.07) is 17.7. The zero-order valence-corrected chi connectivity index (χ0v) is 16.7. The second-order valence-corrected chi connectivity index (χ2v) is 6.22. The van der Waals surface area contributed by atoms with Crippen LogP contribution in [0.1, 0.15) is 5.56 Å². The van der Waals surface area contributed by atoms with E-state index in [1.807, 2.05) is 30.3 Å². The molecule has 0 atom stereocenters. The molecule has 0 aliphatic heterocycles. The molecular formula is C21H21N3O3S. The first-order valence-corrected chi connectivity index (χ1v) is 8.95. The number of thiocarbonyl (C=S) groups is 1. The highest BCUT2D eigenvalue weighted by Crippen LogP contribution is 2.37. The van der Waals surface area contributed by atoms with E-state index in [1.165, 1.54) is 0 Å². The van der Waals surface area contributed by atoms with Crippen LogP contribution in [-0.2, 0) is 0 Å². The van der Waals surface area contributed by atoms with E-state index in [-0.39, 0.29) is 0 Å². The Morgan fingerprint density at radius 1 is 0.929 bits per heavy atom. The fourth-order valence-electron chi connectivity index (χ4n) is 2.83. The highest BCUT2D eigenvalue weighted by molar-refractivity contribution is 7.80. The number of hydrogen-bond donors (Lipinski definition) is 2. The second-order valence-electron chi connectivity index (χ2n) is 5.81. The molecule has 3 aromatic carbocycles. The van der Waals surface area contributed by atoms with Gasteiger partial charge >= 0.3 is 0 Å². The van der Waals surface area contributed by atoms with E-state index in [1.54, 1.807) is 39.7 Å². The number of anilines is 1. The fraction of sp³-hybridized carbons (Fsp3) is 0.143. The minimum atomic E-state index is 0.389. The molecule has 6 nitrogen and oxygen atoms in total. The predicted octanol–water partition coefficient (Wildman–Crippen LogP) is 4.19. The van der Waals surface area contributed by atoms with Crippen LogP contribution in [-0.4, -0.2) is 32.7 Å². The summed E-state index contributed by atoms with van der Waals surface area (Å²) in [5, 5.41) is 9.98. The molecule has 0 spiro atoms. The van der Waals surface area contributed by atoms with Crippen LogP contribution >= 0.6 is 12.2 Å². The lowest BCUT2D eigenvalue weighted by Gasteiger charge is -2.13. The lowest BCUT2D eigenvalue weighted by Crippen LogP contribution is -2.23. The van der Waals surface area contributed by atoms with E-state index in [9.17, 15) is 0 Å². The lowest BCUT2D eigenvalue weighted by molar-refractivity contribution is 0.324. The van der Waals surface area contributed by atoms with Crippen LogP contribution in [0.25, 0.3) is 10.8 Å². The summed E-state index contributed by atoms with van der Waals surface area (Å²) >= 11 is 5.35. The Balaban J connectivity index is 1.71. The normalized spacial score (nSPS) is 10.7. The van der Waals surface area contributed by atoms with Gasteiger partial charge in [0.1, 0.15) is 0 Å². The van der Waals surface area contributed by atoms with Crippen molar-refractivity contribution >= 4 is 40.0 Å². The highest BCUT2D eigenvalue weighted by Gasteiger charge is 2.12. The van der Waals surface area contributed by atoms with Crippen LogP contribution < -0.4 is 25.0 Å². The van der Waals surface area contributed by atoms with Gasteiger partial charge < -0.3 is 19.5 Å². The number of hydrogen-bond acceptors (Lipinski definition) is 5. The van der Waals surface area contributed by atoms with Gasteiger partial charge in [-0.3, -0.25) is 5.43 Å². The van der Waals surface area contributed by atoms with Crippen molar-refractivity contribution in [3.05, 3.63) is 60.2 Å². The first-order valence-electron chi connectivity index (χ1n) is 8.54. The SMILES string of the molecule is COc1cc(/C=N/NC(=S)Nc2cccc3ccccc23)cc(OC)c1OC. The van der Waals surface area contributed by atoms with Gasteiger partial charge in [0.15, 0.2) is 16.6 Å². The summed E-state index contributed by atoms with van der Waals surface area (Å²) in [5.74, 6) is 1.64. The van der Waals surface area contributed by atoms with Gasteiger partial charge in [0.2, 0.25) is 5.75 Å². The van der Waals surface area contributed by atoms with Gasteiger partial charge in [-0.25, -0.2) is 0 Å². The van der Waals surface area contributed by atoms with Crippen LogP contribution in [0.2, 0.25) is 0 Å². The van der Waals surface area contributed by atoms with E-state index in [4.69, 9.17) is 26.4 Å². The van der Waals surface area contributed by atoms with E-state index in [0.717, 1.165) is 22.0 Å². The number of nitrogens with one attached hydrogen (secondary N) is 2. The van der Waals surface area contributed by atoms with Gasteiger partial charge in [-0.2, -0.15) is 5.10 Å². The number of rotatable bonds is 6. The van der Waals surface area contributed by atoms with E-state index >= 15 is 0 Å². The molecule has 144 valence electrons. The van der Waals surface area contributed by atoms with Gasteiger partial charge in [-0.05, 0) is 35.8 Å². The lowest BCUT2D eigenvalue weighted by atomic mass is 10.1. The molecule has 0 saturated heterocycles. The Kier molecular flexibility index (Phi) is 6.29. The highest BCUT2D eigenvalue weighted by atomic mass is 32.1. The smallest absolute Gasteiger partial charge is 0.203 e. The van der Waals surface area contributed by atoms with Gasteiger partial charge in [-0.15, -0.1) is 0 Å². The van der Waals surface area contributed by atoms with Crippen molar-refractivity contribution < 1.29 is 14.2 Å². The monoisotopic (exact) mass is 395 g/mol. The molecule has 0 saturated carbocycles. The Labute approximate surface area is 169 Å². The zero-order valence-electron chi connectivity index (χ0n) is 15.9. The van der Waals surface area contributed by atoms with Crippen molar-refractivity contribution in [3.63, 3.8) is 0 Å². The fourth-order valence-corrected chi connectivity index (χ4v) is 2.99. The summed E-state index contributed by atoms with van der Waals surface area (Å²) < 4.78 is 16.0. The maximum atomic E-state index is 5.35. The Bertz CT molecular complexity index is 990. The van der Waals surface area contributed by atoms with Crippen LogP contribution in [0.15, 0.2) is 59.7 Å². The summed E-state index contributed by atoms with van der Waals surface area (Å²) in [7, 11) is 4.70. The maximum Gasteiger partial charge on any atom is 0.203 e. The van der Waals surface area contributed by atoms with E-state index in [0.29, 0.717) is 22.4 Å². The van der Waals surface area contributed by atoms with Gasteiger partial charge in [0.05, 0.1) is 27.5 Å². The van der Waals surface area contributed by atoms with Crippen molar-refractivity contribution in [1.82, 2.24) is 5.43 Å². The standard InChI is InChI=1S/C21H21N3O3S/c1-25-18-11-14(12-19(26-2)20(18)27-3)13-22-24-21(28)23-17-10-6-8-15-7-4-5-9-16(15)17/h4-13H,1-3H3,(H2,23,24,28)/b22-13+. The molecule has 0 fully saturated rings.